The molecule has 0 atom stereocenters. The molecule has 1 aromatic carbocycles. The van der Waals surface area contributed by atoms with Crippen molar-refractivity contribution in [3.63, 3.8) is 0 Å². The first kappa shape index (κ1) is 15.0. The van der Waals surface area contributed by atoms with E-state index in [0.717, 1.165) is 4.68 Å². The van der Waals surface area contributed by atoms with Crippen LogP contribution in [0.15, 0.2) is 48.8 Å². The standard InChI is InChI=1S/C15H12F3N5/c1-19-13-11(10-6-3-2-4-7-10)12(15(16,17)18)22-23(13)14-20-8-5-9-21-14/h2-9,19H,1H3. The molecule has 0 aliphatic heterocycles. The number of aromatic nitrogens is 4. The van der Waals surface area contributed by atoms with Crippen LogP contribution in [0.2, 0.25) is 0 Å². The van der Waals surface area contributed by atoms with E-state index in [2.05, 4.69) is 20.4 Å². The van der Waals surface area contributed by atoms with Gasteiger partial charge in [0.1, 0.15) is 5.82 Å². The summed E-state index contributed by atoms with van der Waals surface area (Å²) in [5.74, 6) is 0.235. The number of anilines is 1. The predicted octanol–water partition coefficient (Wildman–Crippen LogP) is 3.39. The molecule has 3 aromatic rings. The Morgan fingerprint density at radius 3 is 2.22 bits per heavy atom. The molecule has 0 saturated carbocycles. The molecule has 5 nitrogen and oxygen atoms in total. The van der Waals surface area contributed by atoms with Crippen molar-refractivity contribution < 1.29 is 13.2 Å². The molecule has 0 fully saturated rings. The van der Waals surface area contributed by atoms with E-state index in [-0.39, 0.29) is 17.3 Å². The first-order valence-corrected chi connectivity index (χ1v) is 6.73. The highest BCUT2D eigenvalue weighted by molar-refractivity contribution is 5.79. The summed E-state index contributed by atoms with van der Waals surface area (Å²) >= 11 is 0. The van der Waals surface area contributed by atoms with Gasteiger partial charge in [-0.25, -0.2) is 9.97 Å². The lowest BCUT2D eigenvalue weighted by Gasteiger charge is -2.09. The lowest BCUT2D eigenvalue weighted by atomic mass is 10.1. The molecule has 0 aliphatic carbocycles. The van der Waals surface area contributed by atoms with Crippen molar-refractivity contribution in [3.05, 3.63) is 54.5 Å². The van der Waals surface area contributed by atoms with Crippen LogP contribution in [0.1, 0.15) is 5.69 Å². The van der Waals surface area contributed by atoms with Crippen LogP contribution in [0, 0.1) is 0 Å². The second-order valence-electron chi connectivity index (χ2n) is 4.65. The number of alkyl halides is 3. The first-order valence-electron chi connectivity index (χ1n) is 6.73. The van der Waals surface area contributed by atoms with E-state index in [9.17, 15) is 13.2 Å². The zero-order valence-electron chi connectivity index (χ0n) is 12.0. The van der Waals surface area contributed by atoms with Gasteiger partial charge in [-0.1, -0.05) is 30.3 Å². The van der Waals surface area contributed by atoms with E-state index in [1.807, 2.05) is 0 Å². The van der Waals surface area contributed by atoms with Gasteiger partial charge in [-0.3, -0.25) is 0 Å². The second kappa shape index (κ2) is 5.71. The van der Waals surface area contributed by atoms with Gasteiger partial charge in [-0.15, -0.1) is 0 Å². The molecule has 1 N–H and O–H groups in total. The van der Waals surface area contributed by atoms with E-state index in [1.54, 1.807) is 36.4 Å². The molecule has 0 aliphatic rings. The van der Waals surface area contributed by atoms with Crippen molar-refractivity contribution in [3.8, 4) is 17.1 Å². The van der Waals surface area contributed by atoms with Crippen LogP contribution in [0.5, 0.6) is 0 Å². The van der Waals surface area contributed by atoms with Crippen LogP contribution in [0.25, 0.3) is 17.1 Å². The molecule has 0 bridgehead atoms. The topological polar surface area (TPSA) is 55.6 Å². The minimum Gasteiger partial charge on any atom is -0.372 e. The number of benzene rings is 1. The Labute approximate surface area is 129 Å². The third kappa shape index (κ3) is 2.75. The van der Waals surface area contributed by atoms with E-state index in [1.165, 1.54) is 19.4 Å². The predicted molar refractivity (Wildman–Crippen MR) is 79.1 cm³/mol. The minimum absolute atomic E-state index is 0.0342. The molecule has 0 spiro atoms. The molecular weight excluding hydrogens is 307 g/mol. The molecule has 0 saturated heterocycles. The fourth-order valence-electron chi connectivity index (χ4n) is 2.27. The van der Waals surface area contributed by atoms with Crippen molar-refractivity contribution in [2.75, 3.05) is 12.4 Å². The molecule has 23 heavy (non-hydrogen) atoms. The van der Waals surface area contributed by atoms with E-state index in [0.29, 0.717) is 5.56 Å². The maximum atomic E-state index is 13.4. The van der Waals surface area contributed by atoms with Crippen molar-refractivity contribution in [2.45, 2.75) is 6.18 Å². The summed E-state index contributed by atoms with van der Waals surface area (Å²) in [5.41, 5.74) is -0.611. The summed E-state index contributed by atoms with van der Waals surface area (Å²) in [4.78, 5) is 7.94. The van der Waals surface area contributed by atoms with Gasteiger partial charge in [0, 0.05) is 19.4 Å². The average Bonchev–Trinajstić information content (AvgIpc) is 2.96. The Bertz CT molecular complexity index is 797. The molecular formula is C15H12F3N5. The zero-order chi connectivity index (χ0) is 16.4. The smallest absolute Gasteiger partial charge is 0.372 e. The monoisotopic (exact) mass is 319 g/mol. The summed E-state index contributed by atoms with van der Waals surface area (Å²) < 4.78 is 41.4. The summed E-state index contributed by atoms with van der Waals surface area (Å²) in [5, 5.41) is 6.48. The Balaban J connectivity index is 2.31. The van der Waals surface area contributed by atoms with Crippen molar-refractivity contribution in [1.82, 2.24) is 19.7 Å². The second-order valence-corrected chi connectivity index (χ2v) is 4.65. The molecule has 3 rings (SSSR count). The van der Waals surface area contributed by atoms with Crippen LogP contribution in [-0.2, 0) is 6.18 Å². The zero-order valence-corrected chi connectivity index (χ0v) is 12.0. The minimum atomic E-state index is -4.60. The Kier molecular flexibility index (Phi) is 3.73. The summed E-state index contributed by atoms with van der Waals surface area (Å²) in [6, 6.07) is 9.86. The molecule has 0 amide bonds. The maximum absolute atomic E-state index is 13.4. The number of nitrogens with one attached hydrogen (secondary N) is 1. The van der Waals surface area contributed by atoms with Crippen molar-refractivity contribution in [2.24, 2.45) is 0 Å². The number of rotatable bonds is 3. The number of hydrogen-bond donors (Lipinski definition) is 1. The molecule has 2 aromatic heterocycles. The van der Waals surface area contributed by atoms with Crippen LogP contribution in [0.4, 0.5) is 19.0 Å². The Morgan fingerprint density at radius 1 is 1.00 bits per heavy atom. The number of nitrogens with zero attached hydrogens (tertiary/aromatic N) is 4. The highest BCUT2D eigenvalue weighted by Crippen LogP contribution is 2.41. The molecule has 0 radical (unpaired) electrons. The average molecular weight is 319 g/mol. The van der Waals surface area contributed by atoms with Crippen molar-refractivity contribution >= 4 is 5.82 Å². The van der Waals surface area contributed by atoms with Gasteiger partial charge in [0.15, 0.2) is 5.69 Å². The largest absolute Gasteiger partial charge is 0.435 e. The fourth-order valence-corrected chi connectivity index (χ4v) is 2.27. The lowest BCUT2D eigenvalue weighted by molar-refractivity contribution is -0.140. The SMILES string of the molecule is CNc1c(-c2ccccc2)c(C(F)(F)F)nn1-c1ncccn1. The highest BCUT2D eigenvalue weighted by Gasteiger charge is 2.40. The van der Waals surface area contributed by atoms with Gasteiger partial charge in [-0.05, 0) is 11.6 Å². The van der Waals surface area contributed by atoms with Gasteiger partial charge < -0.3 is 5.32 Å². The van der Waals surface area contributed by atoms with Crippen LogP contribution in [0.3, 0.4) is 0 Å². The lowest BCUT2D eigenvalue weighted by Crippen LogP contribution is -2.09. The van der Waals surface area contributed by atoms with Gasteiger partial charge in [-0.2, -0.15) is 23.0 Å². The van der Waals surface area contributed by atoms with E-state index < -0.39 is 11.9 Å². The highest BCUT2D eigenvalue weighted by atomic mass is 19.4. The molecule has 0 unspecified atom stereocenters. The quantitative estimate of drug-likeness (QED) is 0.804. The Hall–Kier alpha value is -2.90. The Morgan fingerprint density at radius 2 is 1.65 bits per heavy atom. The van der Waals surface area contributed by atoms with Crippen molar-refractivity contribution in [1.29, 1.82) is 0 Å². The number of hydrogen-bond acceptors (Lipinski definition) is 4. The fraction of sp³-hybridized carbons (Fsp3) is 0.133. The third-order valence-corrected chi connectivity index (χ3v) is 3.19. The summed E-state index contributed by atoms with van der Waals surface area (Å²) in [7, 11) is 1.53. The van der Waals surface area contributed by atoms with E-state index in [4.69, 9.17) is 0 Å². The summed E-state index contributed by atoms with van der Waals surface area (Å²) in [6.45, 7) is 0. The summed E-state index contributed by atoms with van der Waals surface area (Å²) in [6.07, 6.45) is -1.71. The van der Waals surface area contributed by atoms with Gasteiger partial charge in [0.2, 0.25) is 0 Å². The number of halogens is 3. The normalized spacial score (nSPS) is 11.5. The maximum Gasteiger partial charge on any atom is 0.435 e. The van der Waals surface area contributed by atoms with Crippen LogP contribution >= 0.6 is 0 Å². The van der Waals surface area contributed by atoms with Gasteiger partial charge >= 0.3 is 6.18 Å². The van der Waals surface area contributed by atoms with Crippen LogP contribution in [-0.4, -0.2) is 26.8 Å². The van der Waals surface area contributed by atoms with E-state index >= 15 is 0 Å². The van der Waals surface area contributed by atoms with Gasteiger partial charge in [0.25, 0.3) is 5.95 Å². The first-order chi connectivity index (χ1) is 11.0. The third-order valence-electron chi connectivity index (χ3n) is 3.19. The molecule has 118 valence electrons. The molecule has 8 heteroatoms. The van der Waals surface area contributed by atoms with Gasteiger partial charge in [0.05, 0.1) is 5.56 Å². The molecule has 2 heterocycles. The van der Waals surface area contributed by atoms with Crippen LogP contribution < -0.4 is 5.32 Å².